The molecule has 0 aliphatic carbocycles. The minimum absolute atomic E-state index is 0.0365. The molecule has 0 bridgehead atoms. The van der Waals surface area contributed by atoms with Crippen molar-refractivity contribution in [1.29, 1.82) is 0 Å². The first-order valence-corrected chi connectivity index (χ1v) is 8.19. The van der Waals surface area contributed by atoms with Gasteiger partial charge in [-0.3, -0.25) is 10.1 Å². The van der Waals surface area contributed by atoms with E-state index < -0.39 is 0 Å². The van der Waals surface area contributed by atoms with Crippen molar-refractivity contribution >= 4 is 46.0 Å². The van der Waals surface area contributed by atoms with Crippen molar-refractivity contribution in [2.45, 2.75) is 5.75 Å². The normalized spacial score (nSPS) is 10.8. The fourth-order valence-electron chi connectivity index (χ4n) is 1.82. The Morgan fingerprint density at radius 2 is 2.20 bits per heavy atom. The molecule has 0 aliphatic heterocycles. The molecule has 6 heteroatoms. The van der Waals surface area contributed by atoms with E-state index in [1.807, 2.05) is 35.7 Å². The van der Waals surface area contributed by atoms with Gasteiger partial charge in [-0.15, -0.1) is 23.1 Å². The van der Waals surface area contributed by atoms with E-state index in [-0.39, 0.29) is 5.91 Å². The third-order valence-corrected chi connectivity index (χ3v) is 4.75. The molecule has 20 heavy (non-hydrogen) atoms. The molecule has 0 aliphatic rings. The fraction of sp³-hybridized carbons (Fsp3) is 0.143. The number of aromatic nitrogens is 2. The molecule has 1 aromatic carbocycles. The van der Waals surface area contributed by atoms with Crippen LogP contribution in [-0.2, 0) is 10.5 Å². The standard InChI is InChI=1S/C14H13N3OS2/c18-13(9-19-8-10-4-3-7-20-10)17-14-15-11-5-1-2-6-12(11)16-14/h1-7H,8-9H2,(H2,15,16,17,18). The van der Waals surface area contributed by atoms with Crippen LogP contribution in [0.3, 0.4) is 0 Å². The zero-order valence-electron chi connectivity index (χ0n) is 10.6. The lowest BCUT2D eigenvalue weighted by molar-refractivity contribution is -0.113. The largest absolute Gasteiger partial charge is 0.324 e. The number of carbonyl (C=O) groups excluding carboxylic acids is 1. The zero-order chi connectivity index (χ0) is 13.8. The van der Waals surface area contributed by atoms with E-state index in [0.717, 1.165) is 16.8 Å². The molecule has 0 saturated carbocycles. The molecule has 0 atom stereocenters. The number of hydrogen-bond acceptors (Lipinski definition) is 4. The molecule has 102 valence electrons. The fourth-order valence-corrected chi connectivity index (χ4v) is 3.49. The van der Waals surface area contributed by atoms with Crippen molar-refractivity contribution in [3.05, 3.63) is 46.7 Å². The summed E-state index contributed by atoms with van der Waals surface area (Å²) >= 11 is 3.31. The van der Waals surface area contributed by atoms with E-state index in [4.69, 9.17) is 0 Å². The van der Waals surface area contributed by atoms with Gasteiger partial charge in [0.15, 0.2) is 0 Å². The van der Waals surface area contributed by atoms with Crippen molar-refractivity contribution in [2.24, 2.45) is 0 Å². The van der Waals surface area contributed by atoms with Gasteiger partial charge in [0.2, 0.25) is 11.9 Å². The maximum atomic E-state index is 11.8. The minimum atomic E-state index is -0.0365. The number of carbonyl (C=O) groups is 1. The van der Waals surface area contributed by atoms with Gasteiger partial charge in [-0.05, 0) is 23.6 Å². The number of fused-ring (bicyclic) bond motifs is 1. The highest BCUT2D eigenvalue weighted by atomic mass is 32.2. The Hall–Kier alpha value is -1.79. The van der Waals surface area contributed by atoms with Gasteiger partial charge in [-0.2, -0.15) is 0 Å². The number of H-pyrrole nitrogens is 1. The van der Waals surface area contributed by atoms with Crippen LogP contribution in [0, 0.1) is 0 Å². The van der Waals surface area contributed by atoms with E-state index in [1.54, 1.807) is 23.1 Å². The summed E-state index contributed by atoms with van der Waals surface area (Å²) in [6.45, 7) is 0. The second-order valence-corrected chi connectivity index (χ2v) is 6.24. The predicted octanol–water partition coefficient (Wildman–Crippen LogP) is 3.50. The van der Waals surface area contributed by atoms with Crippen LogP contribution < -0.4 is 5.32 Å². The molecule has 0 fully saturated rings. The molecule has 2 N–H and O–H groups in total. The molecular formula is C14H13N3OS2. The second-order valence-electron chi connectivity index (χ2n) is 4.22. The van der Waals surface area contributed by atoms with Crippen LogP contribution in [0.4, 0.5) is 5.95 Å². The maximum absolute atomic E-state index is 11.8. The molecule has 3 aromatic rings. The number of aromatic amines is 1. The molecule has 0 spiro atoms. The van der Waals surface area contributed by atoms with Gasteiger partial charge in [0.25, 0.3) is 0 Å². The highest BCUT2D eigenvalue weighted by Gasteiger charge is 2.07. The number of nitrogens with one attached hydrogen (secondary N) is 2. The summed E-state index contributed by atoms with van der Waals surface area (Å²) in [6.07, 6.45) is 0. The Morgan fingerprint density at radius 3 is 3.00 bits per heavy atom. The minimum Gasteiger partial charge on any atom is -0.324 e. The van der Waals surface area contributed by atoms with Gasteiger partial charge in [-0.1, -0.05) is 18.2 Å². The first kappa shape index (κ1) is 13.2. The van der Waals surface area contributed by atoms with Crippen molar-refractivity contribution < 1.29 is 4.79 Å². The molecule has 3 rings (SSSR count). The van der Waals surface area contributed by atoms with Crippen molar-refractivity contribution in [1.82, 2.24) is 9.97 Å². The topological polar surface area (TPSA) is 57.8 Å². The SMILES string of the molecule is O=C(CSCc1cccs1)Nc1nc2ccccc2[nH]1. The average molecular weight is 303 g/mol. The van der Waals surface area contributed by atoms with E-state index in [2.05, 4.69) is 21.4 Å². The van der Waals surface area contributed by atoms with Gasteiger partial charge in [-0.25, -0.2) is 4.98 Å². The number of benzene rings is 1. The highest BCUT2D eigenvalue weighted by molar-refractivity contribution is 7.99. The van der Waals surface area contributed by atoms with E-state index in [1.165, 1.54) is 4.88 Å². The van der Waals surface area contributed by atoms with E-state index >= 15 is 0 Å². The summed E-state index contributed by atoms with van der Waals surface area (Å²) in [5.41, 5.74) is 1.78. The lowest BCUT2D eigenvalue weighted by Gasteiger charge is -2.01. The van der Waals surface area contributed by atoms with Crippen LogP contribution in [0.15, 0.2) is 41.8 Å². The van der Waals surface area contributed by atoms with Gasteiger partial charge in [0.05, 0.1) is 16.8 Å². The van der Waals surface area contributed by atoms with Crippen molar-refractivity contribution in [2.75, 3.05) is 11.1 Å². The summed E-state index contributed by atoms with van der Waals surface area (Å²) < 4.78 is 0. The first-order chi connectivity index (χ1) is 9.81. The Labute approximate surface area is 124 Å². The lowest BCUT2D eigenvalue weighted by atomic mass is 10.3. The summed E-state index contributed by atoms with van der Waals surface area (Å²) in [5, 5.41) is 4.83. The monoisotopic (exact) mass is 303 g/mol. The highest BCUT2D eigenvalue weighted by Crippen LogP contribution is 2.17. The number of thioether (sulfide) groups is 1. The van der Waals surface area contributed by atoms with Crippen LogP contribution in [0.2, 0.25) is 0 Å². The van der Waals surface area contributed by atoms with Crippen LogP contribution in [-0.4, -0.2) is 21.6 Å². The van der Waals surface area contributed by atoms with Crippen molar-refractivity contribution in [3.63, 3.8) is 0 Å². The second kappa shape index (κ2) is 6.11. The Kier molecular flexibility index (Phi) is 4.03. The van der Waals surface area contributed by atoms with Crippen LogP contribution in [0.5, 0.6) is 0 Å². The quantitative estimate of drug-likeness (QED) is 0.758. The lowest BCUT2D eigenvalue weighted by Crippen LogP contribution is -2.15. The molecule has 0 radical (unpaired) electrons. The zero-order valence-corrected chi connectivity index (χ0v) is 12.3. The maximum Gasteiger partial charge on any atom is 0.236 e. The van der Waals surface area contributed by atoms with Gasteiger partial charge < -0.3 is 4.98 Å². The number of rotatable bonds is 5. The van der Waals surface area contributed by atoms with Crippen LogP contribution >= 0.6 is 23.1 Å². The summed E-state index contributed by atoms with van der Waals surface area (Å²) in [6, 6.07) is 11.8. The Morgan fingerprint density at radius 1 is 1.30 bits per heavy atom. The smallest absolute Gasteiger partial charge is 0.236 e. The van der Waals surface area contributed by atoms with Crippen molar-refractivity contribution in [3.8, 4) is 0 Å². The molecule has 4 nitrogen and oxygen atoms in total. The van der Waals surface area contributed by atoms with E-state index in [9.17, 15) is 4.79 Å². The molecule has 0 saturated heterocycles. The summed E-state index contributed by atoms with van der Waals surface area (Å²) in [4.78, 5) is 20.5. The van der Waals surface area contributed by atoms with Gasteiger partial charge in [0.1, 0.15) is 0 Å². The number of imidazole rings is 1. The number of thiophene rings is 1. The molecule has 1 amide bonds. The van der Waals surface area contributed by atoms with Crippen LogP contribution in [0.25, 0.3) is 11.0 Å². The number of amides is 1. The van der Waals surface area contributed by atoms with E-state index in [0.29, 0.717) is 11.7 Å². The number of anilines is 1. The van der Waals surface area contributed by atoms with Gasteiger partial charge >= 0.3 is 0 Å². The number of para-hydroxylation sites is 2. The van der Waals surface area contributed by atoms with Gasteiger partial charge in [0, 0.05) is 10.6 Å². The molecule has 0 unspecified atom stereocenters. The Balaban J connectivity index is 1.53. The molecule has 2 heterocycles. The average Bonchev–Trinajstić information content (AvgIpc) is 3.06. The third-order valence-electron chi connectivity index (χ3n) is 2.70. The first-order valence-electron chi connectivity index (χ1n) is 6.16. The summed E-state index contributed by atoms with van der Waals surface area (Å²) in [5.74, 6) is 1.76. The molecular weight excluding hydrogens is 290 g/mol. The molecule has 2 aromatic heterocycles. The van der Waals surface area contributed by atoms with Crippen LogP contribution in [0.1, 0.15) is 4.88 Å². The number of hydrogen-bond donors (Lipinski definition) is 2. The summed E-state index contributed by atoms with van der Waals surface area (Å²) in [7, 11) is 0. The number of nitrogens with zero attached hydrogens (tertiary/aromatic N) is 1. The third kappa shape index (κ3) is 3.20. The Bertz CT molecular complexity index is 673. The predicted molar refractivity (Wildman–Crippen MR) is 85.2 cm³/mol.